The van der Waals surface area contributed by atoms with Gasteiger partial charge in [-0.25, -0.2) is 0 Å². The topological polar surface area (TPSA) is 49.7 Å². The molecule has 0 N–H and O–H groups in total. The number of methoxy groups -OCH3 is 3. The van der Waals surface area contributed by atoms with E-state index in [4.69, 9.17) is 14.2 Å². The molecule has 0 atom stereocenters. The van der Waals surface area contributed by atoms with Crippen molar-refractivity contribution in [2.45, 2.75) is 0 Å². The van der Waals surface area contributed by atoms with E-state index in [0.29, 0.717) is 11.5 Å². The van der Waals surface area contributed by atoms with Crippen molar-refractivity contribution in [3.63, 3.8) is 0 Å². The number of rotatable bonds is 3. The van der Waals surface area contributed by atoms with Gasteiger partial charge in [0.15, 0.2) is 5.75 Å². The molecule has 0 amide bonds. The van der Waals surface area contributed by atoms with Gasteiger partial charge < -0.3 is 18.8 Å². The molecule has 96 valence electrons. The molecule has 2 rings (SSSR count). The lowest BCUT2D eigenvalue weighted by molar-refractivity contribution is 0.352. The molecule has 5 heteroatoms. The van der Waals surface area contributed by atoms with Gasteiger partial charge in [0.2, 0.25) is 5.75 Å². The average Bonchev–Trinajstić information content (AvgIpc) is 2.41. The summed E-state index contributed by atoms with van der Waals surface area (Å²) < 4.78 is 17.1. The molecule has 0 spiro atoms. The van der Waals surface area contributed by atoms with Gasteiger partial charge in [0.25, 0.3) is 5.56 Å². The van der Waals surface area contributed by atoms with E-state index in [1.54, 1.807) is 20.2 Å². The second-order valence-corrected chi connectivity index (χ2v) is 3.81. The number of benzene rings is 1. The predicted octanol–water partition coefficient (Wildman–Crippen LogP) is 1.56. The first-order valence-corrected chi connectivity index (χ1v) is 5.42. The summed E-state index contributed by atoms with van der Waals surface area (Å²) in [7, 11) is 6.24. The van der Waals surface area contributed by atoms with Crippen molar-refractivity contribution in [2.75, 3.05) is 21.3 Å². The van der Waals surface area contributed by atoms with Crippen molar-refractivity contribution in [1.82, 2.24) is 4.57 Å². The summed E-state index contributed by atoms with van der Waals surface area (Å²) in [4.78, 5) is 12.1. The fourth-order valence-corrected chi connectivity index (χ4v) is 1.97. The number of hydrogen-bond donors (Lipinski definition) is 0. The Morgan fingerprint density at radius 3 is 2.22 bits per heavy atom. The Hall–Kier alpha value is -2.17. The molecule has 0 saturated heterocycles. The third kappa shape index (κ3) is 1.68. The minimum atomic E-state index is -0.241. The van der Waals surface area contributed by atoms with Gasteiger partial charge in [-0.05, 0) is 12.1 Å². The third-order valence-corrected chi connectivity index (χ3v) is 2.92. The summed E-state index contributed by atoms with van der Waals surface area (Å²) in [6, 6.07) is 5.45. The highest BCUT2D eigenvalue weighted by Crippen LogP contribution is 2.33. The summed E-state index contributed by atoms with van der Waals surface area (Å²) in [5.74, 6) is 1.33. The van der Waals surface area contributed by atoms with Crippen LogP contribution in [0.1, 0.15) is 0 Å². The van der Waals surface area contributed by atoms with E-state index >= 15 is 0 Å². The fraction of sp³-hybridized carbons (Fsp3) is 0.308. The fourth-order valence-electron chi connectivity index (χ4n) is 1.97. The molecular weight excluding hydrogens is 234 g/mol. The minimum Gasteiger partial charge on any atom is -0.497 e. The van der Waals surface area contributed by atoms with Gasteiger partial charge in [0.1, 0.15) is 5.75 Å². The van der Waals surface area contributed by atoms with Crippen molar-refractivity contribution >= 4 is 10.9 Å². The molecule has 18 heavy (non-hydrogen) atoms. The van der Waals surface area contributed by atoms with Crippen molar-refractivity contribution in [2.24, 2.45) is 7.05 Å². The standard InChI is InChI=1S/C13H15NO4/c1-14-10-7-8(16-2)5-6-9(10)11(17-3)12(18-4)13(14)15/h5-7H,1-4H3. The molecule has 1 heterocycles. The maximum absolute atomic E-state index is 12.1. The van der Waals surface area contributed by atoms with E-state index in [9.17, 15) is 4.79 Å². The van der Waals surface area contributed by atoms with Crippen LogP contribution >= 0.6 is 0 Å². The number of fused-ring (bicyclic) bond motifs is 1. The lowest BCUT2D eigenvalue weighted by atomic mass is 10.1. The molecular formula is C13H15NO4. The Bertz CT molecular complexity index is 645. The molecule has 1 aromatic heterocycles. The maximum Gasteiger partial charge on any atom is 0.297 e. The van der Waals surface area contributed by atoms with Crippen LogP contribution in [0.5, 0.6) is 17.2 Å². The summed E-state index contributed by atoms with van der Waals surface area (Å²) in [6.45, 7) is 0. The number of aryl methyl sites for hydroxylation is 1. The van der Waals surface area contributed by atoms with Crippen molar-refractivity contribution in [3.05, 3.63) is 28.6 Å². The largest absolute Gasteiger partial charge is 0.497 e. The zero-order valence-electron chi connectivity index (χ0n) is 10.8. The quantitative estimate of drug-likeness (QED) is 0.828. The van der Waals surface area contributed by atoms with E-state index in [-0.39, 0.29) is 11.3 Å². The Labute approximate surface area is 105 Å². The molecule has 2 aromatic rings. The van der Waals surface area contributed by atoms with Gasteiger partial charge in [0.05, 0.1) is 26.8 Å². The zero-order valence-corrected chi connectivity index (χ0v) is 10.8. The van der Waals surface area contributed by atoms with Crippen molar-refractivity contribution in [1.29, 1.82) is 0 Å². The highest BCUT2D eigenvalue weighted by Gasteiger charge is 2.16. The SMILES string of the molecule is COc1ccc2c(OC)c(OC)c(=O)n(C)c2c1. The van der Waals surface area contributed by atoms with E-state index in [1.807, 2.05) is 12.1 Å². The highest BCUT2D eigenvalue weighted by atomic mass is 16.5. The summed E-state index contributed by atoms with van der Waals surface area (Å²) in [5.41, 5.74) is 0.493. The van der Waals surface area contributed by atoms with Crippen LogP contribution in [0, 0.1) is 0 Å². The van der Waals surface area contributed by atoms with Gasteiger partial charge in [-0.2, -0.15) is 0 Å². The predicted molar refractivity (Wildman–Crippen MR) is 68.8 cm³/mol. The van der Waals surface area contributed by atoms with Crippen LogP contribution in [0.2, 0.25) is 0 Å². The minimum absolute atomic E-state index is 0.206. The lowest BCUT2D eigenvalue weighted by Crippen LogP contribution is -2.19. The Morgan fingerprint density at radius 1 is 1.00 bits per heavy atom. The van der Waals surface area contributed by atoms with Gasteiger partial charge in [-0.15, -0.1) is 0 Å². The molecule has 0 fully saturated rings. The van der Waals surface area contributed by atoms with Crippen LogP contribution < -0.4 is 19.8 Å². The normalized spacial score (nSPS) is 10.4. The Kier molecular flexibility index (Phi) is 3.14. The van der Waals surface area contributed by atoms with E-state index in [0.717, 1.165) is 10.9 Å². The first-order valence-electron chi connectivity index (χ1n) is 5.42. The van der Waals surface area contributed by atoms with Crippen LogP contribution in [0.15, 0.2) is 23.0 Å². The average molecular weight is 249 g/mol. The zero-order chi connectivity index (χ0) is 13.3. The highest BCUT2D eigenvalue weighted by molar-refractivity contribution is 5.88. The number of ether oxygens (including phenoxy) is 3. The monoisotopic (exact) mass is 249 g/mol. The number of pyridine rings is 1. The molecule has 0 saturated carbocycles. The second kappa shape index (κ2) is 4.60. The molecule has 1 aromatic carbocycles. The van der Waals surface area contributed by atoms with Crippen LogP contribution in [-0.4, -0.2) is 25.9 Å². The van der Waals surface area contributed by atoms with Crippen molar-refractivity contribution < 1.29 is 14.2 Å². The molecule has 0 bridgehead atoms. The molecule has 0 radical (unpaired) electrons. The summed E-state index contributed by atoms with van der Waals surface area (Å²) in [5, 5.41) is 0.803. The number of hydrogen-bond acceptors (Lipinski definition) is 4. The van der Waals surface area contributed by atoms with Crippen LogP contribution in [-0.2, 0) is 7.05 Å². The molecule has 0 unspecified atom stereocenters. The first-order chi connectivity index (χ1) is 8.63. The van der Waals surface area contributed by atoms with E-state index in [1.165, 1.54) is 18.8 Å². The Balaban J connectivity index is 2.94. The number of aromatic nitrogens is 1. The first kappa shape index (κ1) is 12.3. The van der Waals surface area contributed by atoms with Gasteiger partial charge in [-0.1, -0.05) is 0 Å². The third-order valence-electron chi connectivity index (χ3n) is 2.92. The lowest BCUT2D eigenvalue weighted by Gasteiger charge is -2.14. The van der Waals surface area contributed by atoms with Gasteiger partial charge in [0, 0.05) is 18.5 Å². The Morgan fingerprint density at radius 2 is 1.67 bits per heavy atom. The summed E-state index contributed by atoms with van der Waals surface area (Å²) in [6.07, 6.45) is 0. The number of nitrogens with zero attached hydrogens (tertiary/aromatic N) is 1. The molecule has 5 nitrogen and oxygen atoms in total. The van der Waals surface area contributed by atoms with Crippen LogP contribution in [0.4, 0.5) is 0 Å². The van der Waals surface area contributed by atoms with Gasteiger partial charge in [-0.3, -0.25) is 4.79 Å². The van der Waals surface area contributed by atoms with Crippen LogP contribution in [0.25, 0.3) is 10.9 Å². The van der Waals surface area contributed by atoms with E-state index < -0.39 is 0 Å². The molecule has 0 aliphatic carbocycles. The van der Waals surface area contributed by atoms with Crippen LogP contribution in [0.3, 0.4) is 0 Å². The van der Waals surface area contributed by atoms with E-state index in [2.05, 4.69) is 0 Å². The molecule has 0 aliphatic heterocycles. The molecule has 0 aliphatic rings. The maximum atomic E-state index is 12.1. The van der Waals surface area contributed by atoms with Crippen molar-refractivity contribution in [3.8, 4) is 17.2 Å². The summed E-state index contributed by atoms with van der Waals surface area (Å²) >= 11 is 0. The smallest absolute Gasteiger partial charge is 0.297 e. The van der Waals surface area contributed by atoms with Gasteiger partial charge >= 0.3 is 0 Å². The second-order valence-electron chi connectivity index (χ2n) is 3.81.